The molecule has 3 rings (SSSR count). The molecule has 0 unspecified atom stereocenters. The quantitative estimate of drug-likeness (QED) is 0.794. The van der Waals surface area contributed by atoms with E-state index in [9.17, 15) is 23.1 Å². The van der Waals surface area contributed by atoms with Crippen LogP contribution in [0.2, 0.25) is 0 Å². The Balaban J connectivity index is 1.61. The average Bonchev–Trinajstić information content (AvgIpc) is 2.98. The van der Waals surface area contributed by atoms with Gasteiger partial charge in [0.25, 0.3) is 5.91 Å². The van der Waals surface area contributed by atoms with Crippen LogP contribution in [0.5, 0.6) is 0 Å². The lowest BCUT2D eigenvalue weighted by atomic mass is 9.69. The van der Waals surface area contributed by atoms with Gasteiger partial charge in [-0.1, -0.05) is 0 Å². The van der Waals surface area contributed by atoms with Crippen LogP contribution in [0.4, 0.5) is 13.2 Å². The number of aromatic nitrogens is 2. The Hall–Kier alpha value is -1.57. The summed E-state index contributed by atoms with van der Waals surface area (Å²) < 4.78 is 37.3. The number of carbonyl (C=O) groups is 1. The minimum Gasteiger partial charge on any atom is -0.389 e. The normalized spacial score (nSPS) is 22.5. The summed E-state index contributed by atoms with van der Waals surface area (Å²) >= 11 is 0. The molecule has 21 heavy (non-hydrogen) atoms. The van der Waals surface area contributed by atoms with Crippen LogP contribution in [-0.2, 0) is 6.18 Å². The first-order valence-corrected chi connectivity index (χ1v) is 6.89. The van der Waals surface area contributed by atoms with Crippen molar-refractivity contribution in [3.63, 3.8) is 0 Å². The van der Waals surface area contributed by atoms with Gasteiger partial charge >= 0.3 is 6.18 Å². The largest absolute Gasteiger partial charge is 0.432 e. The molecule has 0 aliphatic heterocycles. The molecule has 0 bridgehead atoms. The molecule has 2 aliphatic carbocycles. The van der Waals surface area contributed by atoms with Crippen LogP contribution in [0, 0.1) is 5.41 Å². The van der Waals surface area contributed by atoms with E-state index in [0.717, 1.165) is 32.1 Å². The van der Waals surface area contributed by atoms with E-state index in [1.54, 1.807) is 5.10 Å². The fourth-order valence-corrected chi connectivity index (χ4v) is 2.92. The molecule has 2 fully saturated rings. The summed E-state index contributed by atoms with van der Waals surface area (Å²) in [7, 11) is 0. The fraction of sp³-hybridized carbons (Fsp3) is 0.692. The maximum absolute atomic E-state index is 12.4. The number of hydrogen-bond acceptors (Lipinski definition) is 3. The number of aromatic amines is 1. The van der Waals surface area contributed by atoms with E-state index in [4.69, 9.17) is 0 Å². The molecule has 2 aliphatic rings. The third kappa shape index (κ3) is 2.41. The zero-order chi connectivity index (χ0) is 15.3. The van der Waals surface area contributed by atoms with Crippen molar-refractivity contribution in [1.29, 1.82) is 0 Å². The van der Waals surface area contributed by atoms with Crippen LogP contribution in [0.1, 0.15) is 48.3 Å². The summed E-state index contributed by atoms with van der Waals surface area (Å²) in [5.74, 6) is -0.657. The van der Waals surface area contributed by atoms with Crippen molar-refractivity contribution in [2.45, 2.75) is 43.9 Å². The van der Waals surface area contributed by atoms with E-state index in [2.05, 4.69) is 10.4 Å². The van der Waals surface area contributed by atoms with E-state index in [-0.39, 0.29) is 17.7 Å². The highest BCUT2D eigenvalue weighted by molar-refractivity contribution is 5.92. The standard InChI is InChI=1S/C13H16F3N3O2/c14-13(15,16)9-6-8(18-19-9)10(20)17-7-11(4-5-11)12(21)2-1-3-12/h6,21H,1-5,7H2,(H,17,20)(H,18,19). The molecule has 5 nitrogen and oxygen atoms in total. The van der Waals surface area contributed by atoms with Gasteiger partial charge in [0.05, 0.1) is 5.60 Å². The van der Waals surface area contributed by atoms with E-state index in [0.29, 0.717) is 6.07 Å². The predicted octanol–water partition coefficient (Wildman–Crippen LogP) is 1.85. The number of carbonyl (C=O) groups excluding carboxylic acids is 1. The first-order valence-electron chi connectivity index (χ1n) is 6.89. The summed E-state index contributed by atoms with van der Waals surface area (Å²) in [6.45, 7) is 0.274. The third-order valence-electron chi connectivity index (χ3n) is 4.72. The number of nitrogens with zero attached hydrogens (tertiary/aromatic N) is 1. The van der Waals surface area contributed by atoms with Gasteiger partial charge < -0.3 is 10.4 Å². The summed E-state index contributed by atoms with van der Waals surface area (Å²) in [6.07, 6.45) is -0.464. The number of aliphatic hydroxyl groups is 1. The van der Waals surface area contributed by atoms with E-state index in [1.165, 1.54) is 0 Å². The van der Waals surface area contributed by atoms with Crippen LogP contribution in [-0.4, -0.2) is 33.4 Å². The van der Waals surface area contributed by atoms with E-state index < -0.39 is 23.4 Å². The molecule has 8 heteroatoms. The number of hydrogen-bond donors (Lipinski definition) is 3. The Bertz CT molecular complexity index is 559. The van der Waals surface area contributed by atoms with Crippen molar-refractivity contribution in [3.05, 3.63) is 17.5 Å². The summed E-state index contributed by atoms with van der Waals surface area (Å²) in [5.41, 5.74) is -2.36. The molecular weight excluding hydrogens is 287 g/mol. The molecule has 1 heterocycles. The topological polar surface area (TPSA) is 78.0 Å². The maximum atomic E-state index is 12.4. The maximum Gasteiger partial charge on any atom is 0.432 e. The second-order valence-corrected chi connectivity index (χ2v) is 6.01. The summed E-state index contributed by atoms with van der Waals surface area (Å²) in [6, 6.07) is 0.687. The second kappa shape index (κ2) is 4.46. The highest BCUT2D eigenvalue weighted by Gasteiger charge is 2.60. The Morgan fingerprint density at radius 2 is 2.05 bits per heavy atom. The van der Waals surface area contributed by atoms with Crippen molar-refractivity contribution in [2.24, 2.45) is 5.41 Å². The Kier molecular flexibility index (Phi) is 3.05. The van der Waals surface area contributed by atoms with Crippen molar-refractivity contribution >= 4 is 5.91 Å². The molecule has 0 saturated heterocycles. The molecule has 3 N–H and O–H groups in total. The van der Waals surface area contributed by atoms with Crippen LogP contribution < -0.4 is 5.32 Å². The Morgan fingerprint density at radius 1 is 1.38 bits per heavy atom. The van der Waals surface area contributed by atoms with Gasteiger partial charge in [0.2, 0.25) is 0 Å². The highest BCUT2D eigenvalue weighted by Crippen LogP contribution is 2.60. The molecule has 0 aromatic carbocycles. The minimum absolute atomic E-state index is 0.274. The predicted molar refractivity (Wildman–Crippen MR) is 66.4 cm³/mol. The monoisotopic (exact) mass is 303 g/mol. The number of amides is 1. The van der Waals surface area contributed by atoms with Crippen LogP contribution >= 0.6 is 0 Å². The molecule has 116 valence electrons. The number of rotatable bonds is 4. The SMILES string of the molecule is O=C(NCC1(C2(O)CCC2)CC1)c1cc(C(F)(F)F)[nH]n1. The molecule has 0 spiro atoms. The third-order valence-corrected chi connectivity index (χ3v) is 4.72. The molecule has 2 saturated carbocycles. The van der Waals surface area contributed by atoms with Crippen molar-refractivity contribution in [1.82, 2.24) is 15.5 Å². The molecule has 0 radical (unpaired) electrons. The fourth-order valence-electron chi connectivity index (χ4n) is 2.92. The molecule has 0 atom stereocenters. The average molecular weight is 303 g/mol. The minimum atomic E-state index is -4.55. The van der Waals surface area contributed by atoms with Gasteiger partial charge in [-0.3, -0.25) is 9.89 Å². The zero-order valence-corrected chi connectivity index (χ0v) is 11.3. The van der Waals surface area contributed by atoms with Crippen LogP contribution in [0.15, 0.2) is 6.07 Å². The number of halogens is 3. The van der Waals surface area contributed by atoms with E-state index >= 15 is 0 Å². The lowest BCUT2D eigenvalue weighted by Crippen LogP contribution is -2.50. The Morgan fingerprint density at radius 3 is 2.48 bits per heavy atom. The van der Waals surface area contributed by atoms with Gasteiger partial charge in [-0.25, -0.2) is 0 Å². The van der Waals surface area contributed by atoms with Gasteiger partial charge in [0, 0.05) is 18.0 Å². The van der Waals surface area contributed by atoms with Gasteiger partial charge in [-0.05, 0) is 32.1 Å². The lowest BCUT2D eigenvalue weighted by molar-refractivity contribution is -0.141. The molecular formula is C13H16F3N3O2. The van der Waals surface area contributed by atoms with Crippen LogP contribution in [0.25, 0.3) is 0 Å². The second-order valence-electron chi connectivity index (χ2n) is 6.01. The van der Waals surface area contributed by atoms with Crippen LogP contribution in [0.3, 0.4) is 0 Å². The molecule has 1 aromatic rings. The molecule has 1 aromatic heterocycles. The number of alkyl halides is 3. The lowest BCUT2D eigenvalue weighted by Gasteiger charge is -2.44. The van der Waals surface area contributed by atoms with Gasteiger partial charge in [0.15, 0.2) is 5.69 Å². The number of nitrogens with one attached hydrogen (secondary N) is 2. The zero-order valence-electron chi connectivity index (χ0n) is 11.3. The van der Waals surface area contributed by atoms with Gasteiger partial charge in [0.1, 0.15) is 5.69 Å². The van der Waals surface area contributed by atoms with Gasteiger partial charge in [-0.2, -0.15) is 18.3 Å². The Labute approximate surface area is 118 Å². The highest BCUT2D eigenvalue weighted by atomic mass is 19.4. The smallest absolute Gasteiger partial charge is 0.389 e. The van der Waals surface area contributed by atoms with Crippen molar-refractivity contribution in [2.75, 3.05) is 6.54 Å². The molecule has 1 amide bonds. The van der Waals surface area contributed by atoms with E-state index in [1.807, 2.05) is 0 Å². The van der Waals surface area contributed by atoms with Crippen molar-refractivity contribution < 1.29 is 23.1 Å². The summed E-state index contributed by atoms with van der Waals surface area (Å²) in [4.78, 5) is 11.9. The first kappa shape index (κ1) is 14.4. The van der Waals surface area contributed by atoms with Gasteiger partial charge in [-0.15, -0.1) is 0 Å². The first-order chi connectivity index (χ1) is 9.76. The number of H-pyrrole nitrogens is 1. The summed E-state index contributed by atoms with van der Waals surface area (Å²) in [5, 5.41) is 18.2. The van der Waals surface area contributed by atoms with Crippen molar-refractivity contribution in [3.8, 4) is 0 Å².